The van der Waals surface area contributed by atoms with Crippen LogP contribution in [0.2, 0.25) is 0 Å². The molecule has 0 aromatic carbocycles. The molecular formula is C12H16. The van der Waals surface area contributed by atoms with Gasteiger partial charge in [0.15, 0.2) is 0 Å². The van der Waals surface area contributed by atoms with Crippen LogP contribution >= 0.6 is 0 Å². The molecule has 0 aromatic rings. The highest BCUT2D eigenvalue weighted by Crippen LogP contribution is 2.06. The molecule has 0 nitrogen and oxygen atoms in total. The number of hydrogen-bond donors (Lipinski definition) is 0. The van der Waals surface area contributed by atoms with Crippen molar-refractivity contribution in [1.82, 2.24) is 0 Å². The SMILES string of the molecule is C=CC(=C)C=CC(C)=C(C)C=C. The van der Waals surface area contributed by atoms with E-state index in [0.29, 0.717) is 0 Å². The molecule has 0 unspecified atom stereocenters. The first-order valence-electron chi connectivity index (χ1n) is 3.91. The van der Waals surface area contributed by atoms with Crippen LogP contribution in [-0.4, -0.2) is 0 Å². The minimum Gasteiger partial charge on any atom is -0.0988 e. The molecule has 0 aliphatic heterocycles. The molecule has 0 radical (unpaired) electrons. The lowest BCUT2D eigenvalue weighted by Gasteiger charge is -1.95. The van der Waals surface area contributed by atoms with E-state index in [1.54, 1.807) is 6.08 Å². The van der Waals surface area contributed by atoms with Crippen molar-refractivity contribution in [1.29, 1.82) is 0 Å². The molecule has 0 heterocycles. The zero-order chi connectivity index (χ0) is 9.56. The van der Waals surface area contributed by atoms with Gasteiger partial charge in [0.05, 0.1) is 0 Å². The summed E-state index contributed by atoms with van der Waals surface area (Å²) in [5.74, 6) is 0. The van der Waals surface area contributed by atoms with Crippen molar-refractivity contribution in [3.05, 3.63) is 60.8 Å². The van der Waals surface area contributed by atoms with E-state index in [9.17, 15) is 0 Å². The number of hydrogen-bond acceptors (Lipinski definition) is 0. The van der Waals surface area contributed by atoms with Crippen LogP contribution in [0.15, 0.2) is 60.8 Å². The van der Waals surface area contributed by atoms with Gasteiger partial charge in [0, 0.05) is 0 Å². The van der Waals surface area contributed by atoms with Crippen LogP contribution in [0, 0.1) is 0 Å². The molecule has 0 aliphatic rings. The highest BCUT2D eigenvalue weighted by Gasteiger charge is 1.86. The highest BCUT2D eigenvalue weighted by molar-refractivity contribution is 5.35. The second kappa shape index (κ2) is 5.36. The minimum absolute atomic E-state index is 0.922. The van der Waals surface area contributed by atoms with Crippen LogP contribution in [-0.2, 0) is 0 Å². The summed E-state index contributed by atoms with van der Waals surface area (Å²) >= 11 is 0. The summed E-state index contributed by atoms with van der Waals surface area (Å²) in [6.45, 7) is 15.2. The molecule has 0 saturated heterocycles. The van der Waals surface area contributed by atoms with Gasteiger partial charge in [-0.1, -0.05) is 44.0 Å². The summed E-state index contributed by atoms with van der Waals surface area (Å²) in [6, 6.07) is 0. The molecule has 0 aliphatic carbocycles. The quantitative estimate of drug-likeness (QED) is 0.549. The first kappa shape index (κ1) is 10.7. The first-order chi connectivity index (χ1) is 5.61. The normalized spacial score (nSPS) is 12.5. The Kier molecular flexibility index (Phi) is 4.78. The van der Waals surface area contributed by atoms with Gasteiger partial charge in [0.1, 0.15) is 0 Å². The largest absolute Gasteiger partial charge is 0.0988 e. The molecule has 0 aromatic heterocycles. The zero-order valence-corrected chi connectivity index (χ0v) is 7.93. The fourth-order valence-electron chi connectivity index (χ4n) is 0.593. The van der Waals surface area contributed by atoms with Gasteiger partial charge < -0.3 is 0 Å². The van der Waals surface area contributed by atoms with Gasteiger partial charge >= 0.3 is 0 Å². The molecule has 0 atom stereocenters. The summed E-state index contributed by atoms with van der Waals surface area (Å²) in [7, 11) is 0. The third kappa shape index (κ3) is 3.77. The molecule has 0 N–H and O–H groups in total. The van der Waals surface area contributed by atoms with E-state index in [-0.39, 0.29) is 0 Å². The second-order valence-electron chi connectivity index (χ2n) is 2.68. The van der Waals surface area contributed by atoms with Crippen molar-refractivity contribution in [3.8, 4) is 0 Å². The Hall–Kier alpha value is -1.30. The molecule has 12 heavy (non-hydrogen) atoms. The summed E-state index contributed by atoms with van der Waals surface area (Å²) in [6.07, 6.45) is 7.53. The van der Waals surface area contributed by atoms with Gasteiger partial charge in [-0.3, -0.25) is 0 Å². The minimum atomic E-state index is 0.922. The molecule has 0 bridgehead atoms. The Labute approximate surface area is 75.3 Å². The Bertz CT molecular complexity index is 249. The maximum absolute atomic E-state index is 3.78. The predicted octanol–water partition coefficient (Wildman–Crippen LogP) is 3.81. The second-order valence-corrected chi connectivity index (χ2v) is 2.68. The number of rotatable bonds is 4. The van der Waals surface area contributed by atoms with E-state index in [1.165, 1.54) is 11.1 Å². The van der Waals surface area contributed by atoms with Crippen LogP contribution in [0.3, 0.4) is 0 Å². The van der Waals surface area contributed by atoms with Crippen molar-refractivity contribution in [2.75, 3.05) is 0 Å². The van der Waals surface area contributed by atoms with Gasteiger partial charge in [0.2, 0.25) is 0 Å². The van der Waals surface area contributed by atoms with Crippen LogP contribution in [0.5, 0.6) is 0 Å². The van der Waals surface area contributed by atoms with Gasteiger partial charge in [-0.25, -0.2) is 0 Å². The summed E-state index contributed by atoms with van der Waals surface area (Å²) in [4.78, 5) is 0. The summed E-state index contributed by atoms with van der Waals surface area (Å²) < 4.78 is 0. The van der Waals surface area contributed by atoms with E-state index >= 15 is 0 Å². The van der Waals surface area contributed by atoms with Crippen molar-refractivity contribution < 1.29 is 0 Å². The maximum atomic E-state index is 3.78. The fourth-order valence-corrected chi connectivity index (χ4v) is 0.593. The molecule has 0 rings (SSSR count). The third-order valence-corrected chi connectivity index (χ3v) is 1.74. The van der Waals surface area contributed by atoms with Crippen molar-refractivity contribution in [2.45, 2.75) is 13.8 Å². The van der Waals surface area contributed by atoms with Gasteiger partial charge in [-0.05, 0) is 30.6 Å². The third-order valence-electron chi connectivity index (χ3n) is 1.74. The average molecular weight is 160 g/mol. The topological polar surface area (TPSA) is 0 Å². The Morgan fingerprint density at radius 1 is 0.917 bits per heavy atom. The van der Waals surface area contributed by atoms with Crippen molar-refractivity contribution in [3.63, 3.8) is 0 Å². The van der Waals surface area contributed by atoms with Gasteiger partial charge in [-0.15, -0.1) is 0 Å². The highest BCUT2D eigenvalue weighted by atomic mass is 13.9. The molecular weight excluding hydrogens is 144 g/mol. The maximum Gasteiger partial charge on any atom is -0.0335 e. The molecule has 0 amide bonds. The van der Waals surface area contributed by atoms with Gasteiger partial charge in [0.25, 0.3) is 0 Å². The number of allylic oxidation sites excluding steroid dienone is 7. The zero-order valence-electron chi connectivity index (χ0n) is 7.93. The standard InChI is InChI=1S/C12H16/c1-6-10(3)8-9-12(5)11(4)7-2/h6-9H,1-3H2,4-5H3. The Balaban J connectivity index is 4.45. The summed E-state index contributed by atoms with van der Waals surface area (Å²) in [5.41, 5.74) is 3.31. The molecule has 0 heteroatoms. The monoisotopic (exact) mass is 160 g/mol. The van der Waals surface area contributed by atoms with E-state index in [1.807, 2.05) is 32.1 Å². The lowest BCUT2D eigenvalue weighted by Crippen LogP contribution is -1.75. The fraction of sp³-hybridized carbons (Fsp3) is 0.167. The van der Waals surface area contributed by atoms with Crippen LogP contribution in [0.4, 0.5) is 0 Å². The predicted molar refractivity (Wildman–Crippen MR) is 57.0 cm³/mol. The van der Waals surface area contributed by atoms with Gasteiger partial charge in [-0.2, -0.15) is 0 Å². The smallest absolute Gasteiger partial charge is 0.0335 e. The van der Waals surface area contributed by atoms with E-state index in [2.05, 4.69) is 19.7 Å². The molecule has 0 spiro atoms. The summed E-state index contributed by atoms with van der Waals surface area (Å²) in [5, 5.41) is 0. The first-order valence-corrected chi connectivity index (χ1v) is 3.91. The van der Waals surface area contributed by atoms with Crippen LogP contribution in [0.1, 0.15) is 13.8 Å². The molecule has 64 valence electrons. The lowest BCUT2D eigenvalue weighted by atomic mass is 10.1. The van der Waals surface area contributed by atoms with Crippen molar-refractivity contribution >= 4 is 0 Å². The van der Waals surface area contributed by atoms with E-state index in [4.69, 9.17) is 0 Å². The molecule has 0 fully saturated rings. The van der Waals surface area contributed by atoms with Crippen molar-refractivity contribution in [2.24, 2.45) is 0 Å². The Morgan fingerprint density at radius 2 is 1.50 bits per heavy atom. The Morgan fingerprint density at radius 3 is 1.92 bits per heavy atom. The van der Waals surface area contributed by atoms with Crippen LogP contribution in [0.25, 0.3) is 0 Å². The van der Waals surface area contributed by atoms with E-state index < -0.39 is 0 Å². The molecule has 0 saturated carbocycles. The average Bonchev–Trinajstić information content (AvgIpc) is 2.11. The van der Waals surface area contributed by atoms with E-state index in [0.717, 1.165) is 5.57 Å². The van der Waals surface area contributed by atoms with Crippen LogP contribution < -0.4 is 0 Å². The lowest BCUT2D eigenvalue weighted by molar-refractivity contribution is 1.38.